The van der Waals surface area contributed by atoms with Crippen LogP contribution < -0.4 is 4.74 Å². The molecule has 3 nitrogen and oxygen atoms in total. The summed E-state index contributed by atoms with van der Waals surface area (Å²) in [6, 6.07) is 7.97. The van der Waals surface area contributed by atoms with E-state index in [0.717, 1.165) is 49.2 Å². The molecule has 1 heterocycles. The number of carbonyl (C=O) groups is 1. The van der Waals surface area contributed by atoms with E-state index in [4.69, 9.17) is 9.47 Å². The Morgan fingerprint density at radius 2 is 1.82 bits per heavy atom. The van der Waals surface area contributed by atoms with Crippen LogP contribution in [-0.4, -0.2) is 13.1 Å². The molecule has 0 aromatic heterocycles. The summed E-state index contributed by atoms with van der Waals surface area (Å²) in [4.78, 5) is 12.3. The van der Waals surface area contributed by atoms with Crippen LogP contribution in [0.25, 0.3) is 0 Å². The summed E-state index contributed by atoms with van der Waals surface area (Å²) >= 11 is 0. The van der Waals surface area contributed by atoms with Crippen molar-refractivity contribution in [1.29, 1.82) is 0 Å². The van der Waals surface area contributed by atoms with Crippen molar-refractivity contribution in [3.63, 3.8) is 0 Å². The maximum absolute atomic E-state index is 12.3. The Morgan fingerprint density at radius 3 is 2.55 bits per heavy atom. The molecule has 1 aliphatic carbocycles. The van der Waals surface area contributed by atoms with Crippen LogP contribution in [0.15, 0.2) is 35.6 Å². The number of esters is 1. The van der Waals surface area contributed by atoms with E-state index in [-0.39, 0.29) is 11.9 Å². The van der Waals surface area contributed by atoms with Crippen molar-refractivity contribution in [2.24, 2.45) is 5.92 Å². The summed E-state index contributed by atoms with van der Waals surface area (Å²) in [5.41, 5.74) is 2.55. The van der Waals surface area contributed by atoms with E-state index in [1.54, 1.807) is 7.11 Å². The zero-order valence-corrected chi connectivity index (χ0v) is 13.3. The summed E-state index contributed by atoms with van der Waals surface area (Å²) in [5, 5.41) is 0. The fraction of sp³-hybridized carbons (Fsp3) is 0.526. The molecule has 0 radical (unpaired) electrons. The summed E-state index contributed by atoms with van der Waals surface area (Å²) in [6.45, 7) is 0. The minimum absolute atomic E-state index is 0.0356. The van der Waals surface area contributed by atoms with E-state index in [2.05, 4.69) is 0 Å². The minimum atomic E-state index is -0.0462. The highest BCUT2D eigenvalue weighted by atomic mass is 16.5. The Labute approximate surface area is 132 Å². The lowest BCUT2D eigenvalue weighted by atomic mass is 9.86. The molecule has 0 fully saturated rings. The molecule has 2 aliphatic rings. The van der Waals surface area contributed by atoms with E-state index in [9.17, 15) is 4.79 Å². The molecular formula is C19H24O3. The van der Waals surface area contributed by atoms with E-state index < -0.39 is 0 Å². The molecule has 0 saturated heterocycles. The van der Waals surface area contributed by atoms with Gasteiger partial charge in [0, 0.05) is 6.42 Å². The number of benzene rings is 1. The number of rotatable bonds is 3. The molecule has 1 aromatic carbocycles. The first-order chi connectivity index (χ1) is 10.8. The van der Waals surface area contributed by atoms with E-state index in [1.807, 2.05) is 24.3 Å². The highest BCUT2D eigenvalue weighted by Crippen LogP contribution is 2.34. The second-order valence-corrected chi connectivity index (χ2v) is 6.32. The number of ether oxygens (including phenoxy) is 2. The average molecular weight is 300 g/mol. The quantitative estimate of drug-likeness (QED) is 0.776. The molecule has 0 N–H and O–H groups in total. The molecule has 1 unspecified atom stereocenters. The van der Waals surface area contributed by atoms with Gasteiger partial charge in [-0.3, -0.25) is 4.79 Å². The largest absolute Gasteiger partial charge is 0.497 e. The van der Waals surface area contributed by atoms with Gasteiger partial charge in [0.15, 0.2) is 0 Å². The monoisotopic (exact) mass is 300 g/mol. The van der Waals surface area contributed by atoms with Gasteiger partial charge < -0.3 is 9.47 Å². The molecule has 118 valence electrons. The van der Waals surface area contributed by atoms with Crippen LogP contribution in [0.1, 0.15) is 50.5 Å². The van der Waals surface area contributed by atoms with Crippen molar-refractivity contribution in [2.75, 3.05) is 7.11 Å². The zero-order chi connectivity index (χ0) is 15.4. The Hall–Kier alpha value is -1.77. The second kappa shape index (κ2) is 6.99. The lowest BCUT2D eigenvalue weighted by molar-refractivity contribution is -0.146. The summed E-state index contributed by atoms with van der Waals surface area (Å²) < 4.78 is 10.8. The zero-order valence-electron chi connectivity index (χ0n) is 13.3. The SMILES string of the molecule is COc1ccc(CC2CC3=C(CCCCCC3)OC2=O)cc1. The van der Waals surface area contributed by atoms with Crippen LogP contribution in [0.3, 0.4) is 0 Å². The van der Waals surface area contributed by atoms with Gasteiger partial charge >= 0.3 is 5.97 Å². The molecule has 0 amide bonds. The highest BCUT2D eigenvalue weighted by Gasteiger charge is 2.30. The molecule has 22 heavy (non-hydrogen) atoms. The highest BCUT2D eigenvalue weighted by molar-refractivity contribution is 5.75. The number of hydrogen-bond donors (Lipinski definition) is 0. The van der Waals surface area contributed by atoms with Gasteiger partial charge in [0.05, 0.1) is 13.0 Å². The van der Waals surface area contributed by atoms with Gasteiger partial charge in [-0.25, -0.2) is 0 Å². The smallest absolute Gasteiger partial charge is 0.314 e. The molecule has 0 bridgehead atoms. The average Bonchev–Trinajstić information content (AvgIpc) is 2.52. The van der Waals surface area contributed by atoms with E-state index >= 15 is 0 Å². The normalized spacial score (nSPS) is 22.4. The number of methoxy groups -OCH3 is 1. The fourth-order valence-electron chi connectivity index (χ4n) is 3.42. The molecule has 1 aromatic rings. The Morgan fingerprint density at radius 1 is 1.09 bits per heavy atom. The summed E-state index contributed by atoms with van der Waals surface area (Å²) in [5.74, 6) is 1.75. The van der Waals surface area contributed by atoms with Gasteiger partial charge in [0.1, 0.15) is 11.5 Å². The Bertz CT molecular complexity index is 557. The van der Waals surface area contributed by atoms with Crippen molar-refractivity contribution in [3.8, 4) is 5.75 Å². The van der Waals surface area contributed by atoms with Crippen molar-refractivity contribution in [3.05, 3.63) is 41.2 Å². The third-order valence-electron chi connectivity index (χ3n) is 4.72. The van der Waals surface area contributed by atoms with E-state index in [0.29, 0.717) is 0 Å². The minimum Gasteiger partial charge on any atom is -0.497 e. The van der Waals surface area contributed by atoms with Gasteiger partial charge in [0.25, 0.3) is 0 Å². The van der Waals surface area contributed by atoms with Gasteiger partial charge in [0.2, 0.25) is 0 Å². The van der Waals surface area contributed by atoms with Gasteiger partial charge in [-0.15, -0.1) is 0 Å². The van der Waals surface area contributed by atoms with Crippen molar-refractivity contribution in [2.45, 2.75) is 51.4 Å². The first kappa shape index (κ1) is 15.1. The van der Waals surface area contributed by atoms with E-state index in [1.165, 1.54) is 24.8 Å². The van der Waals surface area contributed by atoms with Gasteiger partial charge in [-0.05, 0) is 55.4 Å². The topological polar surface area (TPSA) is 35.5 Å². The molecule has 3 rings (SSSR count). The van der Waals surface area contributed by atoms with Crippen molar-refractivity contribution < 1.29 is 14.3 Å². The molecule has 1 atom stereocenters. The lowest BCUT2D eigenvalue weighted by Crippen LogP contribution is -2.26. The van der Waals surface area contributed by atoms with Crippen LogP contribution >= 0.6 is 0 Å². The van der Waals surface area contributed by atoms with Crippen LogP contribution in [0.5, 0.6) is 5.75 Å². The number of carbonyl (C=O) groups excluding carboxylic acids is 1. The van der Waals surface area contributed by atoms with Crippen LogP contribution in [0, 0.1) is 5.92 Å². The first-order valence-electron chi connectivity index (χ1n) is 8.32. The van der Waals surface area contributed by atoms with Crippen molar-refractivity contribution in [1.82, 2.24) is 0 Å². The maximum Gasteiger partial charge on any atom is 0.314 e. The van der Waals surface area contributed by atoms with Crippen LogP contribution in [-0.2, 0) is 16.0 Å². The van der Waals surface area contributed by atoms with Crippen molar-refractivity contribution >= 4 is 5.97 Å². The Kier molecular flexibility index (Phi) is 4.81. The molecular weight excluding hydrogens is 276 g/mol. The second-order valence-electron chi connectivity index (χ2n) is 6.32. The third kappa shape index (κ3) is 3.52. The number of allylic oxidation sites excluding steroid dienone is 2. The maximum atomic E-state index is 12.3. The molecule has 1 aliphatic heterocycles. The predicted octanol–water partition coefficient (Wildman–Crippen LogP) is 4.41. The summed E-state index contributed by atoms with van der Waals surface area (Å²) in [7, 11) is 1.66. The molecule has 3 heteroatoms. The fourth-order valence-corrected chi connectivity index (χ4v) is 3.42. The molecule has 0 saturated carbocycles. The third-order valence-corrected chi connectivity index (χ3v) is 4.72. The lowest BCUT2D eigenvalue weighted by Gasteiger charge is -2.27. The molecule has 0 spiro atoms. The summed E-state index contributed by atoms with van der Waals surface area (Å²) in [6.07, 6.45) is 8.59. The Balaban J connectivity index is 1.70. The standard InChI is InChI=1S/C19H24O3/c1-21-17-10-8-14(9-11-17)12-16-13-15-6-4-2-3-5-7-18(15)22-19(16)20/h8-11,16H,2-7,12-13H2,1H3. The van der Waals surface area contributed by atoms with Crippen LogP contribution in [0.2, 0.25) is 0 Å². The first-order valence-corrected chi connectivity index (χ1v) is 8.32. The van der Waals surface area contributed by atoms with Gasteiger partial charge in [-0.2, -0.15) is 0 Å². The number of hydrogen-bond acceptors (Lipinski definition) is 3. The van der Waals surface area contributed by atoms with Crippen LogP contribution in [0.4, 0.5) is 0 Å². The predicted molar refractivity (Wildman–Crippen MR) is 85.6 cm³/mol. The van der Waals surface area contributed by atoms with Gasteiger partial charge in [-0.1, -0.05) is 25.0 Å².